The second kappa shape index (κ2) is 4.24. The van der Waals surface area contributed by atoms with E-state index < -0.39 is 0 Å². The largest absolute Gasteiger partial charge is 0.479 e. The Balaban J connectivity index is 2.93. The molecule has 0 saturated heterocycles. The summed E-state index contributed by atoms with van der Waals surface area (Å²) < 4.78 is 4.91. The monoisotopic (exact) mass is 113 g/mol. The molecule has 0 heterocycles. The molecule has 0 amide bonds. The van der Waals surface area contributed by atoms with E-state index in [1.54, 1.807) is 13.1 Å². The molecule has 0 bridgehead atoms. The van der Waals surface area contributed by atoms with Crippen LogP contribution >= 0.6 is 0 Å². The third-order valence-corrected chi connectivity index (χ3v) is 0.546. The van der Waals surface area contributed by atoms with Crippen LogP contribution in [0.4, 0.5) is 0 Å². The summed E-state index contributed by atoms with van der Waals surface area (Å²) in [6, 6.07) is 0. The van der Waals surface area contributed by atoms with Gasteiger partial charge in [-0.25, -0.2) is 0 Å². The number of hydrogen-bond donors (Lipinski definition) is 1. The Bertz CT molecular complexity index is 88.5. The Labute approximate surface area is 49.8 Å². The first-order valence-corrected chi connectivity index (χ1v) is 2.40. The molecule has 0 rings (SSSR count). The normalized spacial score (nSPS) is 7.62. The van der Waals surface area contributed by atoms with Gasteiger partial charge in [0.05, 0.1) is 5.76 Å². The summed E-state index contributed by atoms with van der Waals surface area (Å²) in [6.45, 7) is 9.22. The van der Waals surface area contributed by atoms with Gasteiger partial charge in [-0.15, -0.1) is 0 Å². The van der Waals surface area contributed by atoms with Crippen molar-refractivity contribution in [1.29, 1.82) is 0 Å². The number of hydrogen-bond acceptors (Lipinski definition) is 2. The molecule has 0 aliphatic rings. The standard InChI is InChI=1S/C6H11NO/c1-4-7-5-8-6(2)3/h4,7H,1-2,5H2,3H3. The summed E-state index contributed by atoms with van der Waals surface area (Å²) in [7, 11) is 0. The van der Waals surface area contributed by atoms with Crippen molar-refractivity contribution in [2.24, 2.45) is 0 Å². The number of rotatable bonds is 4. The van der Waals surface area contributed by atoms with Crippen LogP contribution in [0.25, 0.3) is 0 Å². The summed E-state index contributed by atoms with van der Waals surface area (Å²) in [4.78, 5) is 0. The molecule has 1 N–H and O–H groups in total. The molecule has 0 aliphatic carbocycles. The van der Waals surface area contributed by atoms with Crippen LogP contribution in [0.1, 0.15) is 6.92 Å². The summed E-state index contributed by atoms with van der Waals surface area (Å²) in [5, 5.41) is 2.76. The molecule has 0 atom stereocenters. The van der Waals surface area contributed by atoms with Crippen molar-refractivity contribution in [3.63, 3.8) is 0 Å². The SMILES string of the molecule is C=CNCOC(=C)C. The highest BCUT2D eigenvalue weighted by Crippen LogP contribution is 1.85. The third-order valence-electron chi connectivity index (χ3n) is 0.546. The Morgan fingerprint density at radius 1 is 1.88 bits per heavy atom. The highest BCUT2D eigenvalue weighted by Gasteiger charge is 1.78. The summed E-state index contributed by atoms with van der Waals surface area (Å²) in [5.74, 6) is 0.708. The van der Waals surface area contributed by atoms with E-state index in [0.29, 0.717) is 12.5 Å². The van der Waals surface area contributed by atoms with Crippen LogP contribution in [-0.4, -0.2) is 6.73 Å². The highest BCUT2D eigenvalue weighted by atomic mass is 16.5. The van der Waals surface area contributed by atoms with E-state index in [0.717, 1.165) is 0 Å². The van der Waals surface area contributed by atoms with Crippen LogP contribution in [0.15, 0.2) is 25.1 Å². The van der Waals surface area contributed by atoms with E-state index in [2.05, 4.69) is 18.5 Å². The fraction of sp³-hybridized carbons (Fsp3) is 0.333. The summed E-state index contributed by atoms with van der Waals surface area (Å²) >= 11 is 0. The minimum absolute atomic E-state index is 0.457. The van der Waals surface area contributed by atoms with Gasteiger partial charge in [-0.3, -0.25) is 0 Å². The van der Waals surface area contributed by atoms with Crippen molar-refractivity contribution in [2.75, 3.05) is 6.73 Å². The van der Waals surface area contributed by atoms with Crippen LogP contribution in [0, 0.1) is 0 Å². The second-order valence-electron chi connectivity index (χ2n) is 1.40. The molecule has 0 radical (unpaired) electrons. The fourth-order valence-electron chi connectivity index (χ4n) is 0.224. The van der Waals surface area contributed by atoms with Crippen molar-refractivity contribution < 1.29 is 4.74 Å². The number of nitrogens with one attached hydrogen (secondary N) is 1. The van der Waals surface area contributed by atoms with Crippen molar-refractivity contribution in [1.82, 2.24) is 5.32 Å². The van der Waals surface area contributed by atoms with Gasteiger partial charge in [0.2, 0.25) is 0 Å². The molecule has 0 aromatic rings. The molecule has 0 saturated carbocycles. The first-order valence-electron chi connectivity index (χ1n) is 2.40. The van der Waals surface area contributed by atoms with Gasteiger partial charge in [0.25, 0.3) is 0 Å². The average Bonchev–Trinajstić information content (AvgIpc) is 1.66. The van der Waals surface area contributed by atoms with Gasteiger partial charge in [-0.1, -0.05) is 13.2 Å². The predicted molar refractivity (Wildman–Crippen MR) is 34.1 cm³/mol. The predicted octanol–water partition coefficient (Wildman–Crippen LogP) is 1.23. The van der Waals surface area contributed by atoms with Crippen LogP contribution in [0.2, 0.25) is 0 Å². The lowest BCUT2D eigenvalue weighted by atomic mass is 10.7. The minimum atomic E-state index is 0.457. The molecule has 0 fully saturated rings. The molecule has 2 nitrogen and oxygen atoms in total. The van der Waals surface area contributed by atoms with Crippen LogP contribution in [0.3, 0.4) is 0 Å². The first-order chi connectivity index (χ1) is 3.77. The quantitative estimate of drug-likeness (QED) is 0.336. The summed E-state index contributed by atoms with van der Waals surface area (Å²) in [6.07, 6.45) is 1.57. The van der Waals surface area contributed by atoms with Crippen molar-refractivity contribution in [3.8, 4) is 0 Å². The molecule has 46 valence electrons. The van der Waals surface area contributed by atoms with E-state index in [1.165, 1.54) is 0 Å². The Kier molecular flexibility index (Phi) is 3.76. The smallest absolute Gasteiger partial charge is 0.158 e. The Hall–Kier alpha value is -0.920. The van der Waals surface area contributed by atoms with Gasteiger partial charge < -0.3 is 10.1 Å². The molecular formula is C6H11NO. The topological polar surface area (TPSA) is 21.3 Å². The molecule has 0 unspecified atom stereocenters. The van der Waals surface area contributed by atoms with Crippen LogP contribution in [-0.2, 0) is 4.74 Å². The maximum absolute atomic E-state index is 4.91. The zero-order valence-corrected chi connectivity index (χ0v) is 5.11. The lowest BCUT2D eigenvalue weighted by Gasteiger charge is -2.02. The highest BCUT2D eigenvalue weighted by molar-refractivity contribution is 4.73. The molecular weight excluding hydrogens is 102 g/mol. The third kappa shape index (κ3) is 5.08. The van der Waals surface area contributed by atoms with Gasteiger partial charge in [0.1, 0.15) is 0 Å². The zero-order chi connectivity index (χ0) is 6.41. The second-order valence-corrected chi connectivity index (χ2v) is 1.40. The lowest BCUT2D eigenvalue weighted by molar-refractivity contribution is 0.204. The maximum Gasteiger partial charge on any atom is 0.158 e. The van der Waals surface area contributed by atoms with Crippen molar-refractivity contribution >= 4 is 0 Å². The fourth-order valence-corrected chi connectivity index (χ4v) is 0.224. The van der Waals surface area contributed by atoms with Gasteiger partial charge in [-0.2, -0.15) is 0 Å². The van der Waals surface area contributed by atoms with Crippen molar-refractivity contribution in [3.05, 3.63) is 25.1 Å². The van der Waals surface area contributed by atoms with Crippen molar-refractivity contribution in [2.45, 2.75) is 6.92 Å². The van der Waals surface area contributed by atoms with E-state index in [9.17, 15) is 0 Å². The summed E-state index contributed by atoms with van der Waals surface area (Å²) in [5.41, 5.74) is 0. The van der Waals surface area contributed by atoms with E-state index in [1.807, 2.05) is 0 Å². The van der Waals surface area contributed by atoms with E-state index in [-0.39, 0.29) is 0 Å². The Morgan fingerprint density at radius 3 is 2.88 bits per heavy atom. The maximum atomic E-state index is 4.91. The van der Waals surface area contributed by atoms with Crippen LogP contribution < -0.4 is 5.32 Å². The van der Waals surface area contributed by atoms with Gasteiger partial charge in [0, 0.05) is 0 Å². The van der Waals surface area contributed by atoms with E-state index in [4.69, 9.17) is 4.74 Å². The zero-order valence-electron chi connectivity index (χ0n) is 5.11. The molecule has 0 aromatic carbocycles. The molecule has 2 heteroatoms. The first kappa shape index (κ1) is 7.08. The Morgan fingerprint density at radius 2 is 2.50 bits per heavy atom. The van der Waals surface area contributed by atoms with Crippen LogP contribution in [0.5, 0.6) is 0 Å². The van der Waals surface area contributed by atoms with Gasteiger partial charge in [-0.05, 0) is 13.1 Å². The molecule has 0 spiro atoms. The number of allylic oxidation sites excluding steroid dienone is 1. The average molecular weight is 113 g/mol. The van der Waals surface area contributed by atoms with Gasteiger partial charge >= 0.3 is 0 Å². The molecule has 8 heavy (non-hydrogen) atoms. The van der Waals surface area contributed by atoms with Gasteiger partial charge in [0.15, 0.2) is 6.73 Å². The minimum Gasteiger partial charge on any atom is -0.479 e. The molecule has 0 aromatic heterocycles. The lowest BCUT2D eigenvalue weighted by Crippen LogP contribution is -2.08. The van der Waals surface area contributed by atoms with E-state index >= 15 is 0 Å². The number of ether oxygens (including phenoxy) is 1. The molecule has 0 aliphatic heterocycles.